The minimum atomic E-state index is -3.58. The van der Waals surface area contributed by atoms with E-state index >= 15 is 0 Å². The topological polar surface area (TPSA) is 73.2 Å². The zero-order valence-corrected chi connectivity index (χ0v) is 12.0. The van der Waals surface area contributed by atoms with Gasteiger partial charge in [-0.25, -0.2) is 0 Å². The summed E-state index contributed by atoms with van der Waals surface area (Å²) in [6.07, 6.45) is 0. The van der Waals surface area contributed by atoms with Crippen LogP contribution in [-0.4, -0.2) is 57.5 Å². The molecule has 0 aliphatic carbocycles. The molecule has 0 heterocycles. The van der Waals surface area contributed by atoms with Crippen LogP contribution >= 0.6 is 42.5 Å². The molecule has 0 atom stereocenters. The maximum absolute atomic E-state index is 12.3. The number of aliphatic hydroxyl groups excluding tert-OH is 2. The van der Waals surface area contributed by atoms with Crippen molar-refractivity contribution in [1.29, 1.82) is 0 Å². The molecule has 16 heavy (non-hydrogen) atoms. The molecule has 2 N–H and O–H groups in total. The molecule has 0 saturated carbocycles. The van der Waals surface area contributed by atoms with Crippen molar-refractivity contribution in [3.63, 3.8) is 0 Å². The fraction of sp³-hybridized carbons (Fsp3) is 1.00. The molecule has 0 unspecified atom stereocenters. The molecule has 0 spiro atoms. The van der Waals surface area contributed by atoms with Gasteiger partial charge < -0.3 is 14.7 Å². The minimum Gasteiger partial charge on any atom is -0.381 e. The molecule has 6 nitrogen and oxygen atoms in total. The quantitative estimate of drug-likeness (QED) is 0.436. The second kappa shape index (κ2) is 6.73. The summed E-state index contributed by atoms with van der Waals surface area (Å²) in [6, 6.07) is 0. The Morgan fingerprint density at radius 2 is 1.56 bits per heavy atom. The first-order chi connectivity index (χ1) is 7.17. The summed E-state index contributed by atoms with van der Waals surface area (Å²) in [7, 11) is -0.880. The van der Waals surface area contributed by atoms with Gasteiger partial charge in [0.25, 0.3) is 0 Å². The highest BCUT2D eigenvalue weighted by atomic mass is 35.6. The molecule has 0 saturated heterocycles. The average Bonchev–Trinajstić information content (AvgIpc) is 2.22. The Bertz CT molecular complexity index is 249. The van der Waals surface area contributed by atoms with Crippen LogP contribution in [0.4, 0.5) is 0 Å². The van der Waals surface area contributed by atoms with Crippen LogP contribution in [0, 0.1) is 0 Å². The highest BCUT2D eigenvalue weighted by Gasteiger charge is 2.36. The van der Waals surface area contributed by atoms with Gasteiger partial charge in [-0.15, -0.1) is 0 Å². The monoisotopic (exact) mass is 314 g/mol. The fourth-order valence-electron chi connectivity index (χ4n) is 0.775. The van der Waals surface area contributed by atoms with Crippen molar-refractivity contribution in [2.75, 3.05) is 34.2 Å². The third kappa shape index (κ3) is 5.04. The van der Waals surface area contributed by atoms with Gasteiger partial charge >= 0.3 is 7.67 Å². The van der Waals surface area contributed by atoms with Crippen LogP contribution in [0.1, 0.15) is 0 Å². The van der Waals surface area contributed by atoms with Gasteiger partial charge in [-0.05, 0) is 14.1 Å². The first kappa shape index (κ1) is 16.9. The summed E-state index contributed by atoms with van der Waals surface area (Å²) in [5.74, 6) is 0. The summed E-state index contributed by atoms with van der Waals surface area (Å²) in [5.41, 5.74) is 0. The molecule has 98 valence electrons. The molecule has 0 rings (SSSR count). The van der Waals surface area contributed by atoms with Crippen molar-refractivity contribution in [2.24, 2.45) is 0 Å². The smallest absolute Gasteiger partial charge is 0.349 e. The lowest BCUT2D eigenvalue weighted by Crippen LogP contribution is -2.31. The van der Waals surface area contributed by atoms with E-state index in [4.69, 9.17) is 49.5 Å². The van der Waals surface area contributed by atoms with Crippen LogP contribution in [0.3, 0.4) is 0 Å². The van der Waals surface area contributed by atoms with Crippen LogP contribution < -0.4 is 0 Å². The average molecular weight is 316 g/mol. The Morgan fingerprint density at radius 3 is 1.81 bits per heavy atom. The van der Waals surface area contributed by atoms with Crippen LogP contribution in [0.5, 0.6) is 0 Å². The lowest BCUT2D eigenvalue weighted by molar-refractivity contribution is 0.122. The maximum Gasteiger partial charge on any atom is 0.349 e. The summed E-state index contributed by atoms with van der Waals surface area (Å²) in [6.45, 7) is -1.48. The van der Waals surface area contributed by atoms with E-state index in [0.717, 1.165) is 9.34 Å². The Balaban J connectivity index is 4.75. The minimum absolute atomic E-state index is 0.427. The normalized spacial score (nSPS) is 13.8. The Kier molecular flexibility index (Phi) is 7.11. The molecule has 0 aromatic rings. The summed E-state index contributed by atoms with van der Waals surface area (Å²) in [5, 5.41) is 17.8. The summed E-state index contributed by atoms with van der Waals surface area (Å²) >= 11 is 16.4. The number of alkyl halides is 3. The molecule has 0 aliphatic rings. The highest BCUT2D eigenvalue weighted by molar-refractivity contribution is 7.53. The first-order valence-corrected chi connectivity index (χ1v) is 6.80. The van der Waals surface area contributed by atoms with E-state index in [1.54, 1.807) is 0 Å². The van der Waals surface area contributed by atoms with E-state index in [2.05, 4.69) is 0 Å². The van der Waals surface area contributed by atoms with Crippen molar-refractivity contribution < 1.29 is 19.3 Å². The highest BCUT2D eigenvalue weighted by Crippen LogP contribution is 2.53. The van der Waals surface area contributed by atoms with Gasteiger partial charge in [-0.1, -0.05) is 34.8 Å². The van der Waals surface area contributed by atoms with Gasteiger partial charge in [-0.3, -0.25) is 4.57 Å². The molecule has 10 heteroatoms. The fourth-order valence-corrected chi connectivity index (χ4v) is 2.76. The van der Waals surface area contributed by atoms with Crippen LogP contribution in [0.15, 0.2) is 0 Å². The molecular formula is C6H14Cl3N2O4P. The summed E-state index contributed by atoms with van der Waals surface area (Å²) < 4.78 is 17.6. The Labute approximate surface area is 109 Å². The maximum atomic E-state index is 12.3. The predicted molar refractivity (Wildman–Crippen MR) is 63.5 cm³/mol. The van der Waals surface area contributed by atoms with Crippen LogP contribution in [-0.2, 0) is 9.09 Å². The molecule has 0 bridgehead atoms. The van der Waals surface area contributed by atoms with Crippen LogP contribution in [0.25, 0.3) is 0 Å². The number of nitrogens with zero attached hydrogens (tertiary/aromatic N) is 2. The third-order valence-electron chi connectivity index (χ3n) is 1.67. The van der Waals surface area contributed by atoms with Crippen LogP contribution in [0.2, 0.25) is 0 Å². The van der Waals surface area contributed by atoms with Crippen molar-refractivity contribution in [2.45, 2.75) is 3.79 Å². The number of aliphatic hydroxyl groups is 2. The van der Waals surface area contributed by atoms with Crippen molar-refractivity contribution >= 4 is 42.5 Å². The van der Waals surface area contributed by atoms with Gasteiger partial charge in [0.15, 0.2) is 0 Å². The Morgan fingerprint density at radius 1 is 1.19 bits per heavy atom. The molecule has 0 aromatic heterocycles. The number of rotatable bonds is 6. The number of hydrogen-bond acceptors (Lipinski definition) is 4. The van der Waals surface area contributed by atoms with Gasteiger partial charge in [0, 0.05) is 0 Å². The molecule has 0 fully saturated rings. The lowest BCUT2D eigenvalue weighted by Gasteiger charge is -2.32. The van der Waals surface area contributed by atoms with E-state index in [-0.39, 0.29) is 0 Å². The van der Waals surface area contributed by atoms with E-state index in [9.17, 15) is 4.57 Å². The zero-order valence-electron chi connectivity index (χ0n) is 8.81. The standard InChI is InChI=1S/C6H14Cl3N2O4P/c1-10(4-12)16(14,11(2)5-13)15-3-6(7,8)9/h12-13H,3-5H2,1-2H3. The Hall–Kier alpha value is 0.900. The SMILES string of the molecule is CN(CO)P(=O)(OCC(Cl)(Cl)Cl)N(C)CO. The van der Waals surface area contributed by atoms with Gasteiger partial charge in [0.1, 0.15) is 20.1 Å². The van der Waals surface area contributed by atoms with Crippen molar-refractivity contribution in [3.05, 3.63) is 0 Å². The second-order valence-corrected chi connectivity index (χ2v) is 8.10. The number of halogens is 3. The van der Waals surface area contributed by atoms with E-state index < -0.39 is 31.5 Å². The van der Waals surface area contributed by atoms with Crippen molar-refractivity contribution in [3.8, 4) is 0 Å². The lowest BCUT2D eigenvalue weighted by atomic mass is 10.9. The first-order valence-electron chi connectivity index (χ1n) is 4.13. The van der Waals surface area contributed by atoms with E-state index in [0.29, 0.717) is 0 Å². The molecule has 0 aromatic carbocycles. The molecular weight excluding hydrogens is 301 g/mol. The second-order valence-electron chi connectivity index (χ2n) is 2.98. The van der Waals surface area contributed by atoms with Gasteiger partial charge in [0.05, 0.1) is 0 Å². The zero-order chi connectivity index (χ0) is 13.0. The number of hydrogen-bond donors (Lipinski definition) is 2. The predicted octanol–water partition coefficient (Wildman–Crippen LogP) is 1.24. The van der Waals surface area contributed by atoms with E-state index in [1.165, 1.54) is 14.1 Å². The van der Waals surface area contributed by atoms with E-state index in [1.807, 2.05) is 0 Å². The summed E-state index contributed by atoms with van der Waals surface area (Å²) in [4.78, 5) is 0. The molecule has 0 amide bonds. The van der Waals surface area contributed by atoms with Crippen molar-refractivity contribution in [1.82, 2.24) is 9.34 Å². The van der Waals surface area contributed by atoms with Gasteiger partial charge in [0.2, 0.25) is 3.79 Å². The largest absolute Gasteiger partial charge is 0.381 e. The molecule has 0 radical (unpaired) electrons. The van der Waals surface area contributed by atoms with Gasteiger partial charge in [-0.2, -0.15) is 9.34 Å². The molecule has 0 aliphatic heterocycles. The third-order valence-corrected chi connectivity index (χ3v) is 4.44.